The number of alkyl halides is 2. The monoisotopic (exact) mass is 240 g/mol. The second-order valence-electron chi connectivity index (χ2n) is 4.77. The van der Waals surface area contributed by atoms with Crippen LogP contribution in [0.5, 0.6) is 0 Å². The molecule has 96 valence electrons. The fraction of sp³-hybridized carbons (Fsp3) is 0.600. The van der Waals surface area contributed by atoms with E-state index in [1.165, 1.54) is 0 Å². The van der Waals surface area contributed by atoms with Crippen molar-refractivity contribution in [3.05, 3.63) is 35.4 Å². The van der Waals surface area contributed by atoms with Crippen molar-refractivity contribution in [3.8, 4) is 0 Å². The first-order valence-electron chi connectivity index (χ1n) is 6.45. The lowest BCUT2D eigenvalue weighted by Gasteiger charge is -2.27. The highest BCUT2D eigenvalue weighted by atomic mass is 19.3. The van der Waals surface area contributed by atoms with Crippen molar-refractivity contribution in [2.45, 2.75) is 58.3 Å². The second-order valence-corrected chi connectivity index (χ2v) is 4.77. The minimum absolute atomic E-state index is 0.0222. The van der Waals surface area contributed by atoms with E-state index in [0.29, 0.717) is 12.8 Å². The van der Waals surface area contributed by atoms with E-state index in [9.17, 15) is 8.78 Å². The zero-order valence-electron chi connectivity index (χ0n) is 11.0. The SMILES string of the molecule is CCCC(c1cccc(C)c1)C(F)(F)CCC. The van der Waals surface area contributed by atoms with Crippen LogP contribution >= 0.6 is 0 Å². The van der Waals surface area contributed by atoms with Gasteiger partial charge in [-0.1, -0.05) is 56.5 Å². The topological polar surface area (TPSA) is 0 Å². The maximum atomic E-state index is 14.1. The van der Waals surface area contributed by atoms with Crippen LogP contribution in [-0.2, 0) is 0 Å². The van der Waals surface area contributed by atoms with Gasteiger partial charge in [0.05, 0.1) is 0 Å². The van der Waals surface area contributed by atoms with Gasteiger partial charge < -0.3 is 0 Å². The van der Waals surface area contributed by atoms with E-state index in [4.69, 9.17) is 0 Å². The molecule has 1 atom stereocenters. The summed E-state index contributed by atoms with van der Waals surface area (Å²) in [6, 6.07) is 7.54. The molecule has 1 rings (SSSR count). The van der Waals surface area contributed by atoms with Gasteiger partial charge in [0.25, 0.3) is 5.92 Å². The molecular weight excluding hydrogens is 218 g/mol. The summed E-state index contributed by atoms with van der Waals surface area (Å²) in [7, 11) is 0. The molecule has 1 aromatic rings. The summed E-state index contributed by atoms with van der Waals surface area (Å²) in [5.74, 6) is -3.22. The maximum Gasteiger partial charge on any atom is 0.254 e. The fourth-order valence-corrected chi connectivity index (χ4v) is 2.30. The zero-order valence-corrected chi connectivity index (χ0v) is 11.0. The van der Waals surface area contributed by atoms with Gasteiger partial charge in [0, 0.05) is 12.3 Å². The van der Waals surface area contributed by atoms with E-state index in [-0.39, 0.29) is 6.42 Å². The average molecular weight is 240 g/mol. The Labute approximate surface area is 103 Å². The molecule has 0 fully saturated rings. The van der Waals surface area contributed by atoms with Crippen molar-refractivity contribution in [2.24, 2.45) is 0 Å². The Morgan fingerprint density at radius 3 is 2.41 bits per heavy atom. The van der Waals surface area contributed by atoms with Crippen LogP contribution in [0, 0.1) is 6.92 Å². The summed E-state index contributed by atoms with van der Waals surface area (Å²) in [5.41, 5.74) is 1.83. The lowest BCUT2D eigenvalue weighted by Crippen LogP contribution is -2.26. The molecule has 1 aromatic carbocycles. The Bertz CT molecular complexity index is 345. The van der Waals surface area contributed by atoms with Gasteiger partial charge in [0.1, 0.15) is 0 Å². The first kappa shape index (κ1) is 14.1. The van der Waals surface area contributed by atoms with Crippen LogP contribution in [0.1, 0.15) is 56.6 Å². The molecule has 0 saturated carbocycles. The van der Waals surface area contributed by atoms with E-state index in [2.05, 4.69) is 0 Å². The summed E-state index contributed by atoms with van der Waals surface area (Å²) in [4.78, 5) is 0. The van der Waals surface area contributed by atoms with Gasteiger partial charge in [-0.25, -0.2) is 8.78 Å². The third-order valence-electron chi connectivity index (χ3n) is 3.11. The van der Waals surface area contributed by atoms with E-state index >= 15 is 0 Å². The molecule has 1 unspecified atom stereocenters. The molecular formula is C15H22F2. The van der Waals surface area contributed by atoms with Crippen LogP contribution in [0.25, 0.3) is 0 Å². The van der Waals surface area contributed by atoms with Gasteiger partial charge in [-0.3, -0.25) is 0 Å². The summed E-state index contributed by atoms with van der Waals surface area (Å²) in [6.45, 7) is 5.72. The van der Waals surface area contributed by atoms with Crippen molar-refractivity contribution in [1.29, 1.82) is 0 Å². The number of hydrogen-bond donors (Lipinski definition) is 0. The first-order valence-corrected chi connectivity index (χ1v) is 6.45. The molecule has 17 heavy (non-hydrogen) atoms. The normalized spacial score (nSPS) is 13.7. The minimum Gasteiger partial charge on any atom is -0.206 e. The third kappa shape index (κ3) is 3.79. The molecule has 0 aliphatic carbocycles. The highest BCUT2D eigenvalue weighted by Crippen LogP contribution is 2.40. The van der Waals surface area contributed by atoms with Crippen molar-refractivity contribution in [3.63, 3.8) is 0 Å². The largest absolute Gasteiger partial charge is 0.254 e. The summed E-state index contributed by atoms with van der Waals surface area (Å²) >= 11 is 0. The van der Waals surface area contributed by atoms with E-state index in [0.717, 1.165) is 17.5 Å². The quantitative estimate of drug-likeness (QED) is 0.631. The van der Waals surface area contributed by atoms with Crippen LogP contribution in [0.3, 0.4) is 0 Å². The molecule has 0 bridgehead atoms. The standard InChI is InChI=1S/C15H22F2/c1-4-7-14(15(16,17)10-5-2)13-9-6-8-12(3)11-13/h6,8-9,11,14H,4-5,7,10H2,1-3H3. The van der Waals surface area contributed by atoms with Crippen LogP contribution in [0.2, 0.25) is 0 Å². The first-order chi connectivity index (χ1) is 8.01. The summed E-state index contributed by atoms with van der Waals surface area (Å²) in [6.07, 6.45) is 1.85. The minimum atomic E-state index is -2.58. The third-order valence-corrected chi connectivity index (χ3v) is 3.11. The lowest BCUT2D eigenvalue weighted by atomic mass is 9.86. The molecule has 0 radical (unpaired) electrons. The molecule has 0 aliphatic heterocycles. The Kier molecular flexibility index (Phi) is 5.10. The van der Waals surface area contributed by atoms with Gasteiger partial charge in [0.2, 0.25) is 0 Å². The molecule has 0 saturated heterocycles. The lowest BCUT2D eigenvalue weighted by molar-refractivity contribution is -0.0390. The molecule has 0 N–H and O–H groups in total. The van der Waals surface area contributed by atoms with Crippen molar-refractivity contribution < 1.29 is 8.78 Å². The van der Waals surface area contributed by atoms with E-state index in [1.807, 2.05) is 45.0 Å². The van der Waals surface area contributed by atoms with Gasteiger partial charge in [-0.05, 0) is 18.9 Å². The Balaban J connectivity index is 3.00. The smallest absolute Gasteiger partial charge is 0.206 e. The van der Waals surface area contributed by atoms with E-state index < -0.39 is 11.8 Å². The van der Waals surface area contributed by atoms with Gasteiger partial charge in [0.15, 0.2) is 0 Å². The van der Waals surface area contributed by atoms with Crippen molar-refractivity contribution in [2.75, 3.05) is 0 Å². The average Bonchev–Trinajstić information content (AvgIpc) is 2.25. The number of aryl methyl sites for hydroxylation is 1. The van der Waals surface area contributed by atoms with Gasteiger partial charge in [-0.2, -0.15) is 0 Å². The molecule has 0 heterocycles. The number of halogens is 2. The molecule has 0 aromatic heterocycles. The molecule has 0 amide bonds. The van der Waals surface area contributed by atoms with Crippen LogP contribution in [0.15, 0.2) is 24.3 Å². The molecule has 0 spiro atoms. The van der Waals surface area contributed by atoms with Crippen LogP contribution in [0.4, 0.5) is 8.78 Å². The second kappa shape index (κ2) is 6.13. The highest BCUT2D eigenvalue weighted by molar-refractivity contribution is 5.27. The van der Waals surface area contributed by atoms with Crippen molar-refractivity contribution >= 4 is 0 Å². The molecule has 0 aliphatic rings. The van der Waals surface area contributed by atoms with E-state index in [1.54, 1.807) is 0 Å². The fourth-order valence-electron chi connectivity index (χ4n) is 2.30. The highest BCUT2D eigenvalue weighted by Gasteiger charge is 2.38. The van der Waals surface area contributed by atoms with Gasteiger partial charge in [-0.15, -0.1) is 0 Å². The van der Waals surface area contributed by atoms with Gasteiger partial charge >= 0.3 is 0 Å². The molecule has 2 heteroatoms. The predicted molar refractivity (Wildman–Crippen MR) is 68.7 cm³/mol. The number of hydrogen-bond acceptors (Lipinski definition) is 0. The Morgan fingerprint density at radius 2 is 1.88 bits per heavy atom. The van der Waals surface area contributed by atoms with Crippen molar-refractivity contribution in [1.82, 2.24) is 0 Å². The Morgan fingerprint density at radius 1 is 1.18 bits per heavy atom. The number of rotatable bonds is 6. The summed E-state index contributed by atoms with van der Waals surface area (Å²) in [5, 5.41) is 0. The summed E-state index contributed by atoms with van der Waals surface area (Å²) < 4.78 is 28.2. The Hall–Kier alpha value is -0.920. The van der Waals surface area contributed by atoms with Crippen LogP contribution < -0.4 is 0 Å². The number of benzene rings is 1. The van der Waals surface area contributed by atoms with Crippen LogP contribution in [-0.4, -0.2) is 5.92 Å². The molecule has 0 nitrogen and oxygen atoms in total. The maximum absolute atomic E-state index is 14.1. The predicted octanol–water partition coefficient (Wildman–Crippen LogP) is 5.31. The zero-order chi connectivity index (χ0) is 12.9.